The molecule has 0 saturated carbocycles. The molecule has 0 unspecified atom stereocenters. The molecule has 2 rings (SSSR count). The third-order valence-corrected chi connectivity index (χ3v) is 3.97. The lowest BCUT2D eigenvalue weighted by molar-refractivity contribution is -0.148. The van der Waals surface area contributed by atoms with Gasteiger partial charge in [-0.25, -0.2) is 4.39 Å². The SMILES string of the molecule is COC(=O)[C@H]1CCCCN1Cc1ccc(Br)cc1F. The van der Waals surface area contributed by atoms with Crippen molar-refractivity contribution in [3.05, 3.63) is 34.1 Å². The van der Waals surface area contributed by atoms with E-state index in [1.807, 2.05) is 11.0 Å². The van der Waals surface area contributed by atoms with E-state index in [1.54, 1.807) is 6.07 Å². The second-order valence-electron chi connectivity index (χ2n) is 4.74. The van der Waals surface area contributed by atoms with Crippen molar-refractivity contribution < 1.29 is 13.9 Å². The number of methoxy groups -OCH3 is 1. The van der Waals surface area contributed by atoms with Crippen LogP contribution < -0.4 is 0 Å². The lowest BCUT2D eigenvalue weighted by Crippen LogP contribution is -2.44. The van der Waals surface area contributed by atoms with Crippen molar-refractivity contribution in [3.63, 3.8) is 0 Å². The van der Waals surface area contributed by atoms with E-state index in [2.05, 4.69) is 15.9 Å². The van der Waals surface area contributed by atoms with Gasteiger partial charge in [0.25, 0.3) is 0 Å². The second-order valence-corrected chi connectivity index (χ2v) is 5.66. The van der Waals surface area contributed by atoms with Crippen LogP contribution in [-0.4, -0.2) is 30.6 Å². The van der Waals surface area contributed by atoms with Crippen molar-refractivity contribution in [2.24, 2.45) is 0 Å². The van der Waals surface area contributed by atoms with Crippen LogP contribution in [0.2, 0.25) is 0 Å². The number of ether oxygens (including phenoxy) is 1. The molecule has 0 aromatic heterocycles. The number of hydrogen-bond acceptors (Lipinski definition) is 3. The van der Waals surface area contributed by atoms with Gasteiger partial charge in [-0.3, -0.25) is 9.69 Å². The van der Waals surface area contributed by atoms with Crippen LogP contribution in [0, 0.1) is 5.82 Å². The fourth-order valence-corrected chi connectivity index (χ4v) is 2.79. The average Bonchev–Trinajstić information content (AvgIpc) is 2.41. The van der Waals surface area contributed by atoms with E-state index in [-0.39, 0.29) is 17.8 Å². The highest BCUT2D eigenvalue weighted by Crippen LogP contribution is 2.23. The molecule has 0 amide bonds. The minimum atomic E-state index is -0.248. The van der Waals surface area contributed by atoms with Crippen molar-refractivity contribution >= 4 is 21.9 Å². The number of esters is 1. The molecule has 3 nitrogen and oxygen atoms in total. The monoisotopic (exact) mass is 329 g/mol. The highest BCUT2D eigenvalue weighted by molar-refractivity contribution is 9.10. The molecule has 19 heavy (non-hydrogen) atoms. The maximum atomic E-state index is 13.8. The number of rotatable bonds is 3. The first kappa shape index (κ1) is 14.5. The van der Waals surface area contributed by atoms with E-state index in [9.17, 15) is 9.18 Å². The van der Waals surface area contributed by atoms with Crippen LogP contribution in [-0.2, 0) is 16.1 Å². The molecule has 1 atom stereocenters. The Morgan fingerprint density at radius 2 is 2.32 bits per heavy atom. The van der Waals surface area contributed by atoms with Gasteiger partial charge < -0.3 is 4.74 Å². The van der Waals surface area contributed by atoms with Crippen LogP contribution in [0.4, 0.5) is 4.39 Å². The van der Waals surface area contributed by atoms with Gasteiger partial charge in [-0.05, 0) is 31.5 Å². The Kier molecular flexibility index (Phi) is 4.93. The first-order chi connectivity index (χ1) is 9.11. The normalized spacial score (nSPS) is 20.3. The van der Waals surface area contributed by atoms with E-state index in [1.165, 1.54) is 13.2 Å². The Morgan fingerprint density at radius 3 is 3.00 bits per heavy atom. The maximum absolute atomic E-state index is 13.8. The summed E-state index contributed by atoms with van der Waals surface area (Å²) < 4.78 is 19.4. The highest BCUT2D eigenvalue weighted by Gasteiger charge is 2.29. The fourth-order valence-electron chi connectivity index (χ4n) is 2.45. The van der Waals surface area contributed by atoms with Gasteiger partial charge in [-0.2, -0.15) is 0 Å². The van der Waals surface area contributed by atoms with Gasteiger partial charge in [0.2, 0.25) is 0 Å². The number of likely N-dealkylation sites (tertiary alicyclic amines) is 1. The molecule has 104 valence electrons. The molecule has 0 bridgehead atoms. The maximum Gasteiger partial charge on any atom is 0.323 e. The average molecular weight is 330 g/mol. The summed E-state index contributed by atoms with van der Waals surface area (Å²) in [6, 6.07) is 4.77. The van der Waals surface area contributed by atoms with Crippen molar-refractivity contribution in [2.45, 2.75) is 31.8 Å². The van der Waals surface area contributed by atoms with Crippen molar-refractivity contribution in [3.8, 4) is 0 Å². The number of nitrogens with zero attached hydrogens (tertiary/aromatic N) is 1. The fraction of sp³-hybridized carbons (Fsp3) is 0.500. The largest absolute Gasteiger partial charge is 0.468 e. The summed E-state index contributed by atoms with van der Waals surface area (Å²) in [5.74, 6) is -0.471. The molecule has 1 aliphatic rings. The molecular formula is C14H17BrFNO2. The Hall–Kier alpha value is -0.940. The molecule has 0 spiro atoms. The number of halogens is 2. The molecular weight excluding hydrogens is 313 g/mol. The highest BCUT2D eigenvalue weighted by atomic mass is 79.9. The Balaban J connectivity index is 2.13. The predicted molar refractivity (Wildman–Crippen MR) is 74.2 cm³/mol. The molecule has 1 fully saturated rings. The lowest BCUT2D eigenvalue weighted by atomic mass is 10.0. The smallest absolute Gasteiger partial charge is 0.323 e. The van der Waals surface area contributed by atoms with Crippen molar-refractivity contribution in [1.29, 1.82) is 0 Å². The van der Waals surface area contributed by atoms with Gasteiger partial charge in [0, 0.05) is 16.6 Å². The first-order valence-corrected chi connectivity index (χ1v) is 7.17. The lowest BCUT2D eigenvalue weighted by Gasteiger charge is -2.33. The Bertz CT molecular complexity index is 467. The van der Waals surface area contributed by atoms with Crippen LogP contribution >= 0.6 is 15.9 Å². The minimum Gasteiger partial charge on any atom is -0.468 e. The van der Waals surface area contributed by atoms with E-state index >= 15 is 0 Å². The van der Waals surface area contributed by atoms with Gasteiger partial charge in [0.1, 0.15) is 11.9 Å². The molecule has 1 heterocycles. The molecule has 1 aliphatic heterocycles. The molecule has 1 aromatic rings. The number of hydrogen-bond donors (Lipinski definition) is 0. The van der Waals surface area contributed by atoms with E-state index in [0.29, 0.717) is 12.1 Å². The molecule has 5 heteroatoms. The zero-order valence-electron chi connectivity index (χ0n) is 10.9. The third-order valence-electron chi connectivity index (χ3n) is 3.48. The number of carbonyl (C=O) groups is 1. The van der Waals surface area contributed by atoms with Crippen molar-refractivity contribution in [1.82, 2.24) is 4.90 Å². The summed E-state index contributed by atoms with van der Waals surface area (Å²) in [7, 11) is 1.40. The first-order valence-electron chi connectivity index (χ1n) is 6.37. The third kappa shape index (κ3) is 3.54. The predicted octanol–water partition coefficient (Wildman–Crippen LogP) is 3.12. The quantitative estimate of drug-likeness (QED) is 0.798. The molecule has 1 aromatic carbocycles. The zero-order chi connectivity index (χ0) is 13.8. The van der Waals surface area contributed by atoms with Gasteiger partial charge in [-0.15, -0.1) is 0 Å². The van der Waals surface area contributed by atoms with E-state index in [0.717, 1.165) is 30.3 Å². The summed E-state index contributed by atoms with van der Waals surface area (Å²) in [5.41, 5.74) is 0.610. The number of piperidine rings is 1. The molecule has 1 saturated heterocycles. The van der Waals surface area contributed by atoms with Crippen LogP contribution in [0.3, 0.4) is 0 Å². The molecule has 0 radical (unpaired) electrons. The minimum absolute atomic E-state index is 0.225. The van der Waals surface area contributed by atoms with Crippen LogP contribution in [0.15, 0.2) is 22.7 Å². The van der Waals surface area contributed by atoms with Gasteiger partial charge in [0.05, 0.1) is 7.11 Å². The molecule has 0 aliphatic carbocycles. The van der Waals surface area contributed by atoms with Gasteiger partial charge in [-0.1, -0.05) is 28.4 Å². The zero-order valence-corrected chi connectivity index (χ0v) is 12.5. The van der Waals surface area contributed by atoms with Crippen LogP contribution in [0.5, 0.6) is 0 Å². The summed E-state index contributed by atoms with van der Waals surface area (Å²) >= 11 is 3.24. The van der Waals surface area contributed by atoms with Gasteiger partial charge in [0.15, 0.2) is 0 Å². The summed E-state index contributed by atoms with van der Waals surface area (Å²) in [5, 5.41) is 0. The van der Waals surface area contributed by atoms with Crippen LogP contribution in [0.25, 0.3) is 0 Å². The Morgan fingerprint density at radius 1 is 1.53 bits per heavy atom. The standard InChI is InChI=1S/C14H17BrFNO2/c1-19-14(18)13-4-2-3-7-17(13)9-10-5-6-11(15)8-12(10)16/h5-6,8,13H,2-4,7,9H2,1H3/t13-/m1/s1. The van der Waals surface area contributed by atoms with E-state index < -0.39 is 0 Å². The number of carbonyl (C=O) groups excluding carboxylic acids is 1. The Labute approximate surface area is 120 Å². The second kappa shape index (κ2) is 6.48. The van der Waals surface area contributed by atoms with Crippen molar-refractivity contribution in [2.75, 3.05) is 13.7 Å². The van der Waals surface area contributed by atoms with E-state index in [4.69, 9.17) is 4.74 Å². The summed E-state index contributed by atoms with van der Waals surface area (Å²) in [6.07, 6.45) is 2.83. The van der Waals surface area contributed by atoms with Crippen LogP contribution in [0.1, 0.15) is 24.8 Å². The summed E-state index contributed by atoms with van der Waals surface area (Å²) in [4.78, 5) is 13.7. The topological polar surface area (TPSA) is 29.5 Å². The van der Waals surface area contributed by atoms with Gasteiger partial charge >= 0.3 is 5.97 Å². The molecule has 0 N–H and O–H groups in total. The summed E-state index contributed by atoms with van der Waals surface area (Å²) in [6.45, 7) is 1.24. The number of benzene rings is 1.